The molecule has 0 fully saturated rings. The van der Waals surface area contributed by atoms with Crippen LogP contribution in [0, 0.1) is 10.1 Å². The number of nitrogens with zero attached hydrogens (tertiary/aromatic N) is 2. The average Bonchev–Trinajstić information content (AvgIpc) is 2.36. The van der Waals surface area contributed by atoms with E-state index < -0.39 is 4.92 Å². The van der Waals surface area contributed by atoms with Crippen molar-refractivity contribution in [3.05, 3.63) is 68.2 Å². The smallest absolute Gasteiger partial charge is 0.258 e. The van der Waals surface area contributed by atoms with Crippen molar-refractivity contribution in [3.63, 3.8) is 0 Å². The van der Waals surface area contributed by atoms with E-state index in [4.69, 9.17) is 23.2 Å². The number of hydrogen-bond acceptors (Lipinski definition) is 3. The molecule has 0 amide bonds. The van der Waals surface area contributed by atoms with Crippen molar-refractivity contribution in [1.29, 1.82) is 0 Å². The molecule has 2 rings (SSSR count). The third-order valence-electron chi connectivity index (χ3n) is 2.31. The van der Waals surface area contributed by atoms with Crippen LogP contribution in [0.2, 0.25) is 10.0 Å². The monoisotopic (exact) mass is 294 g/mol. The molecule has 0 unspecified atom stereocenters. The Balaban J connectivity index is 2.20. The number of nitro benzene ring substituents is 1. The summed E-state index contributed by atoms with van der Waals surface area (Å²) < 4.78 is 0. The van der Waals surface area contributed by atoms with Crippen LogP contribution in [0.3, 0.4) is 0 Å². The van der Waals surface area contributed by atoms with Gasteiger partial charge in [-0.05, 0) is 35.9 Å². The first-order valence-corrected chi connectivity index (χ1v) is 6.05. The van der Waals surface area contributed by atoms with Crippen molar-refractivity contribution >= 4 is 40.8 Å². The molecule has 0 saturated heterocycles. The van der Waals surface area contributed by atoms with Gasteiger partial charge in [-0.15, -0.1) is 0 Å². The third-order valence-corrected chi connectivity index (χ3v) is 2.75. The van der Waals surface area contributed by atoms with E-state index in [1.807, 2.05) is 0 Å². The second-order valence-electron chi connectivity index (χ2n) is 3.73. The van der Waals surface area contributed by atoms with Crippen molar-refractivity contribution < 1.29 is 4.92 Å². The number of benzene rings is 2. The van der Waals surface area contributed by atoms with Gasteiger partial charge in [-0.25, -0.2) is 0 Å². The maximum Gasteiger partial charge on any atom is 0.269 e. The van der Waals surface area contributed by atoms with Gasteiger partial charge < -0.3 is 0 Å². The fraction of sp³-hybridized carbons (Fsp3) is 0. The number of non-ortho nitro benzene ring substituents is 1. The van der Waals surface area contributed by atoms with E-state index in [2.05, 4.69) is 4.99 Å². The highest BCUT2D eigenvalue weighted by atomic mass is 35.5. The molecule has 0 heterocycles. The molecule has 0 atom stereocenters. The quantitative estimate of drug-likeness (QED) is 0.470. The lowest BCUT2D eigenvalue weighted by Gasteiger charge is -1.97. The van der Waals surface area contributed by atoms with E-state index in [1.165, 1.54) is 12.1 Å². The summed E-state index contributed by atoms with van der Waals surface area (Å²) >= 11 is 11.7. The van der Waals surface area contributed by atoms with Crippen LogP contribution in [0.1, 0.15) is 5.56 Å². The number of nitro groups is 1. The van der Waals surface area contributed by atoms with E-state index in [0.717, 1.165) is 5.56 Å². The van der Waals surface area contributed by atoms with Gasteiger partial charge in [-0.3, -0.25) is 15.1 Å². The molecular weight excluding hydrogens is 287 g/mol. The highest BCUT2D eigenvalue weighted by molar-refractivity contribution is 6.35. The Morgan fingerprint density at radius 2 is 1.63 bits per heavy atom. The van der Waals surface area contributed by atoms with Crippen LogP contribution in [0.5, 0.6) is 0 Å². The van der Waals surface area contributed by atoms with Gasteiger partial charge >= 0.3 is 0 Å². The van der Waals surface area contributed by atoms with Gasteiger partial charge in [0, 0.05) is 28.4 Å². The molecule has 4 nitrogen and oxygen atoms in total. The molecule has 6 heteroatoms. The summed E-state index contributed by atoms with van der Waals surface area (Å²) in [5.41, 5.74) is 1.42. The summed E-state index contributed by atoms with van der Waals surface area (Å²) in [6.45, 7) is 0. The van der Waals surface area contributed by atoms with Crippen LogP contribution in [0.4, 0.5) is 11.4 Å². The molecule has 0 aliphatic heterocycles. The number of aliphatic imine (C=N–C) groups is 1. The molecule has 19 heavy (non-hydrogen) atoms. The number of rotatable bonds is 3. The first kappa shape index (κ1) is 13.5. The Morgan fingerprint density at radius 1 is 1.05 bits per heavy atom. The highest BCUT2D eigenvalue weighted by Crippen LogP contribution is 2.24. The number of hydrogen-bond donors (Lipinski definition) is 0. The second-order valence-corrected chi connectivity index (χ2v) is 4.61. The predicted octanol–water partition coefficient (Wildman–Crippen LogP) is 4.65. The zero-order chi connectivity index (χ0) is 13.8. The summed E-state index contributed by atoms with van der Waals surface area (Å²) in [4.78, 5) is 14.3. The van der Waals surface area contributed by atoms with E-state index in [1.54, 1.807) is 36.5 Å². The standard InChI is InChI=1S/C13H8Cl2N2O2/c14-10-5-11(15)7-12(6-10)16-8-9-1-3-13(4-2-9)17(18)19/h1-8H. The van der Waals surface area contributed by atoms with Crippen LogP contribution < -0.4 is 0 Å². The van der Waals surface area contributed by atoms with E-state index in [9.17, 15) is 10.1 Å². The van der Waals surface area contributed by atoms with Gasteiger partial charge in [0.1, 0.15) is 0 Å². The van der Waals surface area contributed by atoms with Crippen molar-refractivity contribution in [2.24, 2.45) is 4.99 Å². The summed E-state index contributed by atoms with van der Waals surface area (Å²) in [6, 6.07) is 11.1. The molecule has 96 valence electrons. The fourth-order valence-corrected chi connectivity index (χ4v) is 1.96. The first-order valence-electron chi connectivity index (χ1n) is 5.29. The van der Waals surface area contributed by atoms with Gasteiger partial charge in [0.2, 0.25) is 0 Å². The Kier molecular flexibility index (Phi) is 4.14. The van der Waals surface area contributed by atoms with Crippen molar-refractivity contribution in [2.45, 2.75) is 0 Å². The fourth-order valence-electron chi connectivity index (χ4n) is 1.44. The molecule has 0 radical (unpaired) electrons. The van der Waals surface area contributed by atoms with Crippen molar-refractivity contribution in [2.75, 3.05) is 0 Å². The molecule has 0 aromatic heterocycles. The van der Waals surface area contributed by atoms with Crippen LogP contribution in [-0.4, -0.2) is 11.1 Å². The summed E-state index contributed by atoms with van der Waals surface area (Å²) in [5.74, 6) is 0. The summed E-state index contributed by atoms with van der Waals surface area (Å²) in [6.07, 6.45) is 1.59. The second kappa shape index (κ2) is 5.82. The van der Waals surface area contributed by atoms with Crippen LogP contribution in [0.15, 0.2) is 47.5 Å². The lowest BCUT2D eigenvalue weighted by atomic mass is 10.2. The Labute approximate surface area is 119 Å². The van der Waals surface area contributed by atoms with Gasteiger partial charge in [0.05, 0.1) is 10.6 Å². The van der Waals surface area contributed by atoms with Crippen LogP contribution in [0.25, 0.3) is 0 Å². The maximum atomic E-state index is 10.5. The average molecular weight is 295 g/mol. The third kappa shape index (κ3) is 3.77. The molecule has 0 N–H and O–H groups in total. The van der Waals surface area contributed by atoms with E-state index >= 15 is 0 Å². The van der Waals surface area contributed by atoms with E-state index in [0.29, 0.717) is 15.7 Å². The molecular formula is C13H8Cl2N2O2. The highest BCUT2D eigenvalue weighted by Gasteiger charge is 2.02. The van der Waals surface area contributed by atoms with Crippen LogP contribution >= 0.6 is 23.2 Å². The molecule has 0 aliphatic carbocycles. The van der Waals surface area contributed by atoms with Crippen molar-refractivity contribution in [1.82, 2.24) is 0 Å². The van der Waals surface area contributed by atoms with Gasteiger partial charge in [0.15, 0.2) is 0 Å². The maximum absolute atomic E-state index is 10.5. The lowest BCUT2D eigenvalue weighted by molar-refractivity contribution is -0.384. The SMILES string of the molecule is O=[N+]([O-])c1ccc(C=Nc2cc(Cl)cc(Cl)c2)cc1. The first-order chi connectivity index (χ1) is 9.04. The zero-order valence-corrected chi connectivity index (χ0v) is 11.1. The molecule has 0 aliphatic rings. The minimum atomic E-state index is -0.447. The van der Waals surface area contributed by atoms with Gasteiger partial charge in [-0.2, -0.15) is 0 Å². The minimum Gasteiger partial charge on any atom is -0.258 e. The van der Waals surface area contributed by atoms with Crippen molar-refractivity contribution in [3.8, 4) is 0 Å². The summed E-state index contributed by atoms with van der Waals surface area (Å²) in [7, 11) is 0. The molecule has 0 saturated carbocycles. The normalized spacial score (nSPS) is 10.8. The van der Waals surface area contributed by atoms with Crippen LogP contribution in [-0.2, 0) is 0 Å². The Morgan fingerprint density at radius 3 is 2.16 bits per heavy atom. The van der Waals surface area contributed by atoms with Gasteiger partial charge in [0.25, 0.3) is 5.69 Å². The van der Waals surface area contributed by atoms with Gasteiger partial charge in [-0.1, -0.05) is 23.2 Å². The van der Waals surface area contributed by atoms with E-state index in [-0.39, 0.29) is 5.69 Å². The minimum absolute atomic E-state index is 0.0444. The topological polar surface area (TPSA) is 55.5 Å². The largest absolute Gasteiger partial charge is 0.269 e. The molecule has 2 aromatic rings. The molecule has 2 aromatic carbocycles. The lowest BCUT2D eigenvalue weighted by Crippen LogP contribution is -1.88. The predicted molar refractivity (Wildman–Crippen MR) is 76.8 cm³/mol. The Bertz CT molecular complexity index is 619. The number of halogens is 2. The Hall–Kier alpha value is -1.91. The summed E-state index contributed by atoms with van der Waals surface area (Å²) in [5, 5.41) is 11.5. The molecule has 0 bridgehead atoms. The zero-order valence-electron chi connectivity index (χ0n) is 9.59. The molecule has 0 spiro atoms.